The smallest absolute Gasteiger partial charge is 0.256 e. The maximum absolute atomic E-state index is 5.43. The summed E-state index contributed by atoms with van der Waals surface area (Å²) in [4.78, 5) is 3.29. The first-order valence-corrected chi connectivity index (χ1v) is 6.82. The third kappa shape index (κ3) is 4.15. The Morgan fingerprint density at radius 2 is 2.31 bits per heavy atom. The summed E-state index contributed by atoms with van der Waals surface area (Å²) in [5.41, 5.74) is 0. The zero-order chi connectivity index (χ0) is 11.1. The molecule has 0 amide bonds. The third-order valence-corrected chi connectivity index (χ3v) is 3.19. The van der Waals surface area contributed by atoms with Gasteiger partial charge in [-0.15, -0.1) is 0 Å². The van der Waals surface area contributed by atoms with Crippen molar-refractivity contribution in [3.05, 3.63) is 18.2 Å². The average Bonchev–Trinajstić information content (AvgIpc) is 2.69. The van der Waals surface area contributed by atoms with Crippen LogP contribution >= 0.6 is 11.8 Å². The molecule has 0 saturated carbocycles. The number of imidazole rings is 1. The van der Waals surface area contributed by atoms with E-state index < -0.39 is 0 Å². The van der Waals surface area contributed by atoms with Crippen LogP contribution in [-0.2, 0) is 11.2 Å². The second-order valence-corrected chi connectivity index (χ2v) is 4.49. The second kappa shape index (κ2) is 8.61. The zero-order valence-electron chi connectivity index (χ0n) is 10.3. The Balaban J connectivity index is 0.00000225. The van der Waals surface area contributed by atoms with Crippen LogP contribution in [0.3, 0.4) is 0 Å². The maximum atomic E-state index is 5.43. The van der Waals surface area contributed by atoms with Crippen molar-refractivity contribution in [3.63, 3.8) is 0 Å². The van der Waals surface area contributed by atoms with Crippen molar-refractivity contribution in [2.75, 3.05) is 19.1 Å². The van der Waals surface area contributed by atoms with Crippen LogP contribution in [0.25, 0.3) is 0 Å². The molecule has 0 aromatic carbocycles. The van der Waals surface area contributed by atoms with E-state index in [1.54, 1.807) is 7.11 Å². The van der Waals surface area contributed by atoms with Crippen LogP contribution in [-0.4, -0.2) is 29.6 Å². The van der Waals surface area contributed by atoms with E-state index >= 15 is 0 Å². The SMILES string of the molecule is CCC(OC)[n+]1cc[nH]c1CCCSC.[OH-]. The van der Waals surface area contributed by atoms with Crippen molar-refractivity contribution < 1.29 is 14.8 Å². The van der Waals surface area contributed by atoms with Gasteiger partial charge in [-0.2, -0.15) is 11.8 Å². The molecule has 1 unspecified atom stereocenters. The third-order valence-electron chi connectivity index (χ3n) is 2.49. The van der Waals surface area contributed by atoms with Crippen LogP contribution in [0.2, 0.25) is 0 Å². The summed E-state index contributed by atoms with van der Waals surface area (Å²) >= 11 is 1.89. The second-order valence-electron chi connectivity index (χ2n) is 3.51. The number of hydrogen-bond acceptors (Lipinski definition) is 3. The van der Waals surface area contributed by atoms with Crippen LogP contribution in [0.1, 0.15) is 31.8 Å². The Bertz CT molecular complexity index is 275. The maximum Gasteiger partial charge on any atom is 0.256 e. The zero-order valence-corrected chi connectivity index (χ0v) is 11.1. The molecule has 1 aromatic heterocycles. The van der Waals surface area contributed by atoms with Gasteiger partial charge in [0.25, 0.3) is 5.82 Å². The predicted octanol–water partition coefficient (Wildman–Crippen LogP) is 1.98. The largest absolute Gasteiger partial charge is 0.870 e. The molecule has 5 heteroatoms. The Morgan fingerprint density at radius 1 is 1.56 bits per heavy atom. The molecular formula is C11H22N2O2S. The van der Waals surface area contributed by atoms with Gasteiger partial charge in [0.2, 0.25) is 6.23 Å². The fraction of sp³-hybridized carbons (Fsp3) is 0.727. The minimum atomic E-state index is 0. The predicted molar refractivity (Wildman–Crippen MR) is 66.0 cm³/mol. The molecule has 0 bridgehead atoms. The van der Waals surface area contributed by atoms with Crippen molar-refractivity contribution in [1.29, 1.82) is 0 Å². The Morgan fingerprint density at radius 3 is 2.88 bits per heavy atom. The van der Waals surface area contributed by atoms with Crippen LogP contribution in [0.5, 0.6) is 0 Å². The first kappa shape index (κ1) is 15.5. The van der Waals surface area contributed by atoms with E-state index in [2.05, 4.69) is 28.9 Å². The first-order chi connectivity index (χ1) is 7.33. The van der Waals surface area contributed by atoms with E-state index in [0.29, 0.717) is 0 Å². The lowest BCUT2D eigenvalue weighted by atomic mass is 10.3. The van der Waals surface area contributed by atoms with Gasteiger partial charge in [0.05, 0.1) is 6.42 Å². The van der Waals surface area contributed by atoms with Gasteiger partial charge in [-0.25, -0.2) is 9.55 Å². The van der Waals surface area contributed by atoms with Crippen LogP contribution in [0.4, 0.5) is 0 Å². The number of nitrogens with one attached hydrogen (secondary N) is 1. The van der Waals surface area contributed by atoms with Gasteiger partial charge < -0.3 is 10.2 Å². The summed E-state index contributed by atoms with van der Waals surface area (Å²) in [6.07, 6.45) is 9.65. The molecule has 0 spiro atoms. The van der Waals surface area contributed by atoms with Crippen molar-refractivity contribution in [2.45, 2.75) is 32.4 Å². The van der Waals surface area contributed by atoms with Gasteiger partial charge in [0.15, 0.2) is 0 Å². The summed E-state index contributed by atoms with van der Waals surface area (Å²) in [6, 6.07) is 0. The quantitative estimate of drug-likeness (QED) is 0.591. The molecule has 1 heterocycles. The Hall–Kier alpha value is -0.520. The highest BCUT2D eigenvalue weighted by Gasteiger charge is 2.18. The van der Waals surface area contributed by atoms with Gasteiger partial charge in [0, 0.05) is 13.5 Å². The Labute approximate surface area is 102 Å². The van der Waals surface area contributed by atoms with Crippen LogP contribution in [0, 0.1) is 0 Å². The van der Waals surface area contributed by atoms with Crippen LogP contribution in [0.15, 0.2) is 12.4 Å². The molecule has 1 aromatic rings. The molecule has 2 N–H and O–H groups in total. The summed E-state index contributed by atoms with van der Waals surface area (Å²) in [7, 11) is 1.76. The number of aryl methyl sites for hydroxylation is 1. The van der Waals surface area contributed by atoms with Gasteiger partial charge in [-0.05, 0) is 18.4 Å². The molecule has 0 fully saturated rings. The van der Waals surface area contributed by atoms with Gasteiger partial charge in [-0.3, -0.25) is 0 Å². The monoisotopic (exact) mass is 246 g/mol. The van der Waals surface area contributed by atoms with Gasteiger partial charge in [-0.1, -0.05) is 6.92 Å². The lowest BCUT2D eigenvalue weighted by Crippen LogP contribution is -2.42. The van der Waals surface area contributed by atoms with Crippen molar-refractivity contribution in [2.24, 2.45) is 0 Å². The number of nitrogens with zero attached hydrogens (tertiary/aromatic N) is 1. The molecule has 94 valence electrons. The molecule has 0 radical (unpaired) electrons. The lowest BCUT2D eigenvalue weighted by Gasteiger charge is -2.10. The number of ether oxygens (including phenoxy) is 1. The standard InChI is InChI=1S/C11H20N2OS.H2O/c1-4-11(14-2)13-8-7-12-10(13)6-5-9-15-3;/h7-8,11H,4-6,9H2,1-3H3;1H2. The summed E-state index contributed by atoms with van der Waals surface area (Å²) in [5.74, 6) is 2.47. The summed E-state index contributed by atoms with van der Waals surface area (Å²) in [5, 5.41) is 0. The van der Waals surface area contributed by atoms with Gasteiger partial charge >= 0.3 is 0 Å². The molecule has 16 heavy (non-hydrogen) atoms. The number of methoxy groups -OCH3 is 1. The van der Waals surface area contributed by atoms with Gasteiger partial charge in [0.1, 0.15) is 12.4 Å². The number of H-pyrrole nitrogens is 1. The molecule has 0 aliphatic heterocycles. The molecule has 4 nitrogen and oxygen atoms in total. The first-order valence-electron chi connectivity index (χ1n) is 5.42. The lowest BCUT2D eigenvalue weighted by molar-refractivity contribution is -0.766. The molecule has 0 aliphatic rings. The fourth-order valence-corrected chi connectivity index (χ4v) is 2.14. The van der Waals surface area contributed by atoms with Crippen molar-refractivity contribution in [1.82, 2.24) is 4.98 Å². The molecule has 0 saturated heterocycles. The van der Waals surface area contributed by atoms with E-state index in [1.807, 2.05) is 18.0 Å². The Kier molecular flexibility index (Phi) is 8.33. The molecule has 1 atom stereocenters. The summed E-state index contributed by atoms with van der Waals surface area (Å²) in [6.45, 7) is 2.14. The van der Waals surface area contributed by atoms with E-state index in [1.165, 1.54) is 18.0 Å². The molecular weight excluding hydrogens is 224 g/mol. The number of rotatable bonds is 7. The minimum Gasteiger partial charge on any atom is -0.870 e. The molecule has 1 rings (SSSR count). The van der Waals surface area contributed by atoms with E-state index in [-0.39, 0.29) is 11.7 Å². The normalized spacial score (nSPS) is 12.2. The summed E-state index contributed by atoms with van der Waals surface area (Å²) < 4.78 is 7.62. The van der Waals surface area contributed by atoms with Crippen LogP contribution < -0.4 is 4.57 Å². The van der Waals surface area contributed by atoms with Crippen molar-refractivity contribution >= 4 is 11.8 Å². The highest BCUT2D eigenvalue weighted by atomic mass is 32.2. The number of thioether (sulfide) groups is 1. The highest BCUT2D eigenvalue weighted by Crippen LogP contribution is 2.06. The van der Waals surface area contributed by atoms with E-state index in [0.717, 1.165) is 12.8 Å². The highest BCUT2D eigenvalue weighted by molar-refractivity contribution is 7.98. The number of aromatic amines is 1. The van der Waals surface area contributed by atoms with Crippen molar-refractivity contribution in [3.8, 4) is 0 Å². The molecule has 0 aliphatic carbocycles. The number of aromatic nitrogens is 2. The topological polar surface area (TPSA) is 58.9 Å². The average molecular weight is 246 g/mol. The fourth-order valence-electron chi connectivity index (χ4n) is 1.71. The van der Waals surface area contributed by atoms with E-state index in [4.69, 9.17) is 4.74 Å². The number of hydrogen-bond donors (Lipinski definition) is 1. The van der Waals surface area contributed by atoms with E-state index in [9.17, 15) is 0 Å². The minimum absolute atomic E-state index is 0.